The summed E-state index contributed by atoms with van der Waals surface area (Å²) in [5.74, 6) is -0.378. The Labute approximate surface area is 126 Å². The summed E-state index contributed by atoms with van der Waals surface area (Å²) in [6.45, 7) is 0. The largest absolute Gasteiger partial charge is 0.321 e. The van der Waals surface area contributed by atoms with E-state index in [-0.39, 0.29) is 11.6 Å². The van der Waals surface area contributed by atoms with Gasteiger partial charge in [-0.05, 0) is 30.3 Å². The molecule has 0 atom stereocenters. The van der Waals surface area contributed by atoms with E-state index in [1.807, 2.05) is 36.4 Å². The number of nitriles is 1. The molecule has 22 heavy (non-hydrogen) atoms. The fourth-order valence-corrected chi connectivity index (χ4v) is 1.91. The number of carbonyl (C=O) groups is 1. The SMILES string of the molecule is N#Cc1cccc(NC(=O)c2cnn(-c3ccccc3)n2)c1. The molecule has 0 fully saturated rings. The smallest absolute Gasteiger partial charge is 0.277 e. The molecule has 6 heteroatoms. The van der Waals surface area contributed by atoms with Crippen molar-refractivity contribution in [2.75, 3.05) is 5.32 Å². The molecule has 0 saturated heterocycles. The molecule has 1 aromatic heterocycles. The highest BCUT2D eigenvalue weighted by molar-refractivity contribution is 6.02. The van der Waals surface area contributed by atoms with Crippen molar-refractivity contribution in [3.8, 4) is 11.8 Å². The minimum atomic E-state index is -0.378. The molecule has 0 unspecified atom stereocenters. The van der Waals surface area contributed by atoms with E-state index in [9.17, 15) is 4.79 Å². The van der Waals surface area contributed by atoms with Crippen LogP contribution in [0.4, 0.5) is 5.69 Å². The molecule has 1 amide bonds. The summed E-state index contributed by atoms with van der Waals surface area (Å²) in [6, 6.07) is 18.0. The van der Waals surface area contributed by atoms with Crippen LogP contribution in [0.1, 0.15) is 16.1 Å². The Hall–Kier alpha value is -3.46. The summed E-state index contributed by atoms with van der Waals surface area (Å²) in [5.41, 5.74) is 1.99. The van der Waals surface area contributed by atoms with Crippen molar-refractivity contribution in [2.24, 2.45) is 0 Å². The molecule has 3 rings (SSSR count). The third-order valence-electron chi connectivity index (χ3n) is 2.96. The summed E-state index contributed by atoms with van der Waals surface area (Å²) in [7, 11) is 0. The highest BCUT2D eigenvalue weighted by Gasteiger charge is 2.11. The van der Waals surface area contributed by atoms with Gasteiger partial charge in [0, 0.05) is 5.69 Å². The third-order valence-corrected chi connectivity index (χ3v) is 2.96. The van der Waals surface area contributed by atoms with Gasteiger partial charge in [0.1, 0.15) is 0 Å². The molecule has 0 aliphatic carbocycles. The van der Waals surface area contributed by atoms with Gasteiger partial charge in [-0.3, -0.25) is 4.79 Å². The number of amides is 1. The molecule has 106 valence electrons. The zero-order valence-corrected chi connectivity index (χ0v) is 11.5. The van der Waals surface area contributed by atoms with Crippen molar-refractivity contribution >= 4 is 11.6 Å². The number of benzene rings is 2. The Morgan fingerprint density at radius 3 is 2.73 bits per heavy atom. The minimum absolute atomic E-state index is 0.200. The Morgan fingerprint density at radius 2 is 1.95 bits per heavy atom. The second-order valence-corrected chi connectivity index (χ2v) is 4.50. The number of para-hydroxylation sites is 1. The second kappa shape index (κ2) is 5.89. The lowest BCUT2D eigenvalue weighted by Crippen LogP contribution is -2.13. The molecule has 2 aromatic carbocycles. The van der Waals surface area contributed by atoms with E-state index in [0.717, 1.165) is 5.69 Å². The Balaban J connectivity index is 1.79. The minimum Gasteiger partial charge on any atom is -0.321 e. The van der Waals surface area contributed by atoms with Gasteiger partial charge in [-0.1, -0.05) is 24.3 Å². The average Bonchev–Trinajstić information content (AvgIpc) is 3.06. The van der Waals surface area contributed by atoms with Gasteiger partial charge in [0.25, 0.3) is 5.91 Å². The Kier molecular flexibility index (Phi) is 3.62. The van der Waals surface area contributed by atoms with Crippen molar-refractivity contribution in [2.45, 2.75) is 0 Å². The Morgan fingerprint density at radius 1 is 1.14 bits per heavy atom. The van der Waals surface area contributed by atoms with Gasteiger partial charge in [-0.25, -0.2) is 0 Å². The van der Waals surface area contributed by atoms with Crippen LogP contribution >= 0.6 is 0 Å². The van der Waals surface area contributed by atoms with E-state index in [1.54, 1.807) is 24.3 Å². The van der Waals surface area contributed by atoms with Crippen molar-refractivity contribution in [3.05, 3.63) is 72.1 Å². The fraction of sp³-hybridized carbons (Fsp3) is 0. The van der Waals surface area contributed by atoms with Crippen LogP contribution in [0.15, 0.2) is 60.8 Å². The number of nitrogens with one attached hydrogen (secondary N) is 1. The first-order valence-electron chi connectivity index (χ1n) is 6.55. The molecule has 0 aliphatic heterocycles. The molecule has 0 bridgehead atoms. The first kappa shape index (κ1) is 13.5. The maximum atomic E-state index is 12.1. The molecule has 0 spiro atoms. The predicted molar refractivity (Wildman–Crippen MR) is 80.5 cm³/mol. The van der Waals surface area contributed by atoms with Gasteiger partial charge in [0.2, 0.25) is 0 Å². The van der Waals surface area contributed by atoms with Crippen LogP contribution in [0.3, 0.4) is 0 Å². The van der Waals surface area contributed by atoms with Crippen LogP contribution in [0.2, 0.25) is 0 Å². The quantitative estimate of drug-likeness (QED) is 0.802. The summed E-state index contributed by atoms with van der Waals surface area (Å²) < 4.78 is 0. The van der Waals surface area contributed by atoms with Crippen LogP contribution in [-0.4, -0.2) is 20.9 Å². The lowest BCUT2D eigenvalue weighted by Gasteiger charge is -2.02. The summed E-state index contributed by atoms with van der Waals surface area (Å²) >= 11 is 0. The molecule has 1 heterocycles. The average molecular weight is 289 g/mol. The van der Waals surface area contributed by atoms with Crippen molar-refractivity contribution in [1.29, 1.82) is 5.26 Å². The molecule has 6 nitrogen and oxygen atoms in total. The first-order chi connectivity index (χ1) is 10.8. The lowest BCUT2D eigenvalue weighted by atomic mass is 10.2. The van der Waals surface area contributed by atoms with Crippen molar-refractivity contribution < 1.29 is 4.79 Å². The van der Waals surface area contributed by atoms with E-state index < -0.39 is 0 Å². The lowest BCUT2D eigenvalue weighted by molar-refractivity contribution is 0.102. The zero-order chi connectivity index (χ0) is 15.4. The number of hydrogen-bond donors (Lipinski definition) is 1. The topological polar surface area (TPSA) is 83.6 Å². The standard InChI is InChI=1S/C16H11N5O/c17-10-12-5-4-6-13(9-12)19-16(22)15-11-18-21(20-15)14-7-2-1-3-8-14/h1-9,11H,(H,19,22). The molecule has 3 aromatic rings. The summed E-state index contributed by atoms with van der Waals surface area (Å²) in [6.07, 6.45) is 1.40. The Bertz CT molecular complexity index is 848. The molecule has 0 saturated carbocycles. The van der Waals surface area contributed by atoms with Crippen molar-refractivity contribution in [1.82, 2.24) is 15.0 Å². The van der Waals surface area contributed by atoms with Crippen molar-refractivity contribution in [3.63, 3.8) is 0 Å². The van der Waals surface area contributed by atoms with E-state index in [4.69, 9.17) is 5.26 Å². The number of anilines is 1. The van der Waals surface area contributed by atoms with Gasteiger partial charge in [0.05, 0.1) is 23.5 Å². The van der Waals surface area contributed by atoms with Crippen LogP contribution in [-0.2, 0) is 0 Å². The van der Waals surface area contributed by atoms with Gasteiger partial charge in [-0.15, -0.1) is 5.10 Å². The van der Waals surface area contributed by atoms with Gasteiger partial charge in [0.15, 0.2) is 5.69 Å². The fourth-order valence-electron chi connectivity index (χ4n) is 1.91. The van der Waals surface area contributed by atoms with E-state index in [1.165, 1.54) is 11.0 Å². The van der Waals surface area contributed by atoms with Crippen LogP contribution in [0, 0.1) is 11.3 Å². The van der Waals surface area contributed by atoms with Gasteiger partial charge >= 0.3 is 0 Å². The number of aromatic nitrogens is 3. The van der Waals surface area contributed by atoms with E-state index in [2.05, 4.69) is 15.5 Å². The predicted octanol–water partition coefficient (Wildman–Crippen LogP) is 2.39. The van der Waals surface area contributed by atoms with E-state index >= 15 is 0 Å². The number of nitrogens with zero attached hydrogens (tertiary/aromatic N) is 4. The number of rotatable bonds is 3. The maximum absolute atomic E-state index is 12.1. The zero-order valence-electron chi connectivity index (χ0n) is 11.5. The van der Waals surface area contributed by atoms with Crippen LogP contribution in [0.5, 0.6) is 0 Å². The number of carbonyl (C=O) groups excluding carboxylic acids is 1. The highest BCUT2D eigenvalue weighted by Crippen LogP contribution is 2.11. The van der Waals surface area contributed by atoms with Gasteiger partial charge < -0.3 is 5.32 Å². The van der Waals surface area contributed by atoms with Gasteiger partial charge in [-0.2, -0.15) is 15.2 Å². The normalized spacial score (nSPS) is 9.95. The second-order valence-electron chi connectivity index (χ2n) is 4.50. The highest BCUT2D eigenvalue weighted by atomic mass is 16.2. The van der Waals surface area contributed by atoms with Crippen LogP contribution < -0.4 is 5.32 Å². The molecular formula is C16H11N5O. The summed E-state index contributed by atoms with van der Waals surface area (Å²) in [4.78, 5) is 13.5. The molecule has 0 radical (unpaired) electrons. The van der Waals surface area contributed by atoms with E-state index in [0.29, 0.717) is 11.3 Å². The third kappa shape index (κ3) is 2.83. The molecule has 1 N–H and O–H groups in total. The first-order valence-corrected chi connectivity index (χ1v) is 6.55. The summed E-state index contributed by atoms with van der Waals surface area (Å²) in [5, 5.41) is 19.8. The molecule has 0 aliphatic rings. The maximum Gasteiger partial charge on any atom is 0.277 e. The molecular weight excluding hydrogens is 278 g/mol. The number of hydrogen-bond acceptors (Lipinski definition) is 4. The van der Waals surface area contributed by atoms with Crippen LogP contribution in [0.25, 0.3) is 5.69 Å². The monoisotopic (exact) mass is 289 g/mol.